The molecule has 2 heterocycles. The highest BCUT2D eigenvalue weighted by atomic mass is 35.5. The first-order chi connectivity index (χ1) is 9.97. The highest BCUT2D eigenvalue weighted by molar-refractivity contribution is 6.31. The third kappa shape index (κ3) is 4.56. The van der Waals surface area contributed by atoms with Crippen LogP contribution in [0.1, 0.15) is 33.4 Å². The lowest BCUT2D eigenvalue weighted by Gasteiger charge is -2.37. The molecule has 2 atom stereocenters. The van der Waals surface area contributed by atoms with Crippen molar-refractivity contribution in [3.05, 3.63) is 22.8 Å². The van der Waals surface area contributed by atoms with Gasteiger partial charge in [-0.15, -0.1) is 0 Å². The molecule has 1 aliphatic rings. The van der Waals surface area contributed by atoms with E-state index in [-0.39, 0.29) is 6.10 Å². The van der Waals surface area contributed by atoms with E-state index in [1.807, 2.05) is 12.1 Å². The summed E-state index contributed by atoms with van der Waals surface area (Å²) in [5, 5.41) is 4.13. The quantitative estimate of drug-likeness (QED) is 0.906. The SMILES string of the molecule is CC(C)CNCc1nc(N2CC(C)OCC2C)ccc1Cl. The molecule has 0 saturated carbocycles. The number of rotatable bonds is 5. The van der Waals surface area contributed by atoms with E-state index in [9.17, 15) is 0 Å². The van der Waals surface area contributed by atoms with Gasteiger partial charge in [0.1, 0.15) is 5.82 Å². The minimum atomic E-state index is 0.237. The van der Waals surface area contributed by atoms with Crippen LogP contribution < -0.4 is 10.2 Å². The minimum absolute atomic E-state index is 0.237. The van der Waals surface area contributed by atoms with Gasteiger partial charge in [-0.1, -0.05) is 25.4 Å². The standard InChI is InChI=1S/C16H26ClN3O/c1-11(2)7-18-8-15-14(17)5-6-16(19-15)20-9-13(4)21-10-12(20)3/h5-6,11-13,18H,7-10H2,1-4H3. The topological polar surface area (TPSA) is 37.4 Å². The molecule has 0 radical (unpaired) electrons. The Labute approximate surface area is 132 Å². The van der Waals surface area contributed by atoms with Crippen molar-refractivity contribution in [2.75, 3.05) is 24.6 Å². The number of hydrogen-bond acceptors (Lipinski definition) is 4. The predicted molar refractivity (Wildman–Crippen MR) is 88.0 cm³/mol. The number of anilines is 1. The largest absolute Gasteiger partial charge is 0.375 e. The highest BCUT2D eigenvalue weighted by Gasteiger charge is 2.24. The van der Waals surface area contributed by atoms with Crippen molar-refractivity contribution in [3.63, 3.8) is 0 Å². The van der Waals surface area contributed by atoms with E-state index in [4.69, 9.17) is 21.3 Å². The molecule has 0 bridgehead atoms. The summed E-state index contributed by atoms with van der Waals surface area (Å²) < 4.78 is 5.68. The summed E-state index contributed by atoms with van der Waals surface area (Å²) >= 11 is 6.27. The molecule has 2 unspecified atom stereocenters. The van der Waals surface area contributed by atoms with Gasteiger partial charge in [-0.2, -0.15) is 0 Å². The second-order valence-electron chi connectivity index (χ2n) is 6.27. The first kappa shape index (κ1) is 16.5. The Hall–Kier alpha value is -0.840. The average Bonchev–Trinajstić information content (AvgIpc) is 2.43. The van der Waals surface area contributed by atoms with Crippen molar-refractivity contribution in [1.29, 1.82) is 0 Å². The van der Waals surface area contributed by atoms with Crippen molar-refractivity contribution in [2.45, 2.75) is 46.4 Å². The molecule has 0 amide bonds. The van der Waals surface area contributed by atoms with Crippen molar-refractivity contribution in [1.82, 2.24) is 10.3 Å². The van der Waals surface area contributed by atoms with Crippen LogP contribution >= 0.6 is 11.6 Å². The average molecular weight is 312 g/mol. The van der Waals surface area contributed by atoms with Crippen molar-refractivity contribution >= 4 is 17.4 Å². The van der Waals surface area contributed by atoms with Gasteiger partial charge in [0.25, 0.3) is 0 Å². The van der Waals surface area contributed by atoms with E-state index < -0.39 is 0 Å². The van der Waals surface area contributed by atoms with Crippen molar-refractivity contribution in [3.8, 4) is 0 Å². The van der Waals surface area contributed by atoms with Gasteiger partial charge in [-0.05, 0) is 38.4 Å². The minimum Gasteiger partial charge on any atom is -0.375 e. The summed E-state index contributed by atoms with van der Waals surface area (Å²) in [4.78, 5) is 7.06. The molecule has 118 valence electrons. The fourth-order valence-electron chi connectivity index (χ4n) is 2.46. The molecule has 1 aromatic rings. The number of morpholine rings is 1. The molecule has 2 rings (SSSR count). The molecule has 0 spiro atoms. The van der Waals surface area contributed by atoms with E-state index in [1.54, 1.807) is 0 Å². The summed E-state index contributed by atoms with van der Waals surface area (Å²) in [5.41, 5.74) is 0.918. The molecule has 0 aromatic carbocycles. The van der Waals surface area contributed by atoms with Crippen LogP contribution in [0, 0.1) is 5.92 Å². The molecule has 1 aliphatic heterocycles. The van der Waals surface area contributed by atoms with Gasteiger partial charge < -0.3 is 15.0 Å². The number of pyridine rings is 1. The zero-order chi connectivity index (χ0) is 15.4. The van der Waals surface area contributed by atoms with Gasteiger partial charge in [0.05, 0.1) is 29.5 Å². The Morgan fingerprint density at radius 2 is 2.19 bits per heavy atom. The second-order valence-corrected chi connectivity index (χ2v) is 6.68. The first-order valence-electron chi connectivity index (χ1n) is 7.71. The van der Waals surface area contributed by atoms with E-state index >= 15 is 0 Å². The molecule has 1 fully saturated rings. The van der Waals surface area contributed by atoms with Crippen LogP contribution in [0.4, 0.5) is 5.82 Å². The van der Waals surface area contributed by atoms with Crippen LogP contribution in [-0.4, -0.2) is 36.8 Å². The lowest BCUT2D eigenvalue weighted by Crippen LogP contribution is -2.47. The Balaban J connectivity index is 2.09. The second kappa shape index (κ2) is 7.43. The summed E-state index contributed by atoms with van der Waals surface area (Å²) in [6.07, 6.45) is 0.237. The maximum atomic E-state index is 6.27. The molecule has 0 aliphatic carbocycles. The summed E-state index contributed by atoms with van der Waals surface area (Å²) in [5.74, 6) is 1.61. The zero-order valence-electron chi connectivity index (χ0n) is 13.4. The highest BCUT2D eigenvalue weighted by Crippen LogP contribution is 2.23. The van der Waals surface area contributed by atoms with Crippen molar-refractivity contribution < 1.29 is 4.74 Å². The third-order valence-electron chi connectivity index (χ3n) is 3.65. The zero-order valence-corrected chi connectivity index (χ0v) is 14.2. The van der Waals surface area contributed by atoms with Gasteiger partial charge in [0, 0.05) is 13.1 Å². The number of hydrogen-bond donors (Lipinski definition) is 1. The van der Waals surface area contributed by atoms with E-state index in [0.717, 1.165) is 36.2 Å². The summed E-state index contributed by atoms with van der Waals surface area (Å²) in [6, 6.07) is 4.29. The van der Waals surface area contributed by atoms with Crippen LogP contribution in [-0.2, 0) is 11.3 Å². The fourth-order valence-corrected chi connectivity index (χ4v) is 2.63. The van der Waals surface area contributed by atoms with Crippen LogP contribution in [0.2, 0.25) is 5.02 Å². The van der Waals surface area contributed by atoms with Crippen LogP contribution in [0.15, 0.2) is 12.1 Å². The lowest BCUT2D eigenvalue weighted by atomic mass is 10.2. The number of aromatic nitrogens is 1. The maximum Gasteiger partial charge on any atom is 0.129 e. The van der Waals surface area contributed by atoms with E-state index in [2.05, 4.69) is 37.9 Å². The Morgan fingerprint density at radius 1 is 1.43 bits per heavy atom. The van der Waals surface area contributed by atoms with E-state index in [1.165, 1.54) is 0 Å². The molecule has 1 aromatic heterocycles. The van der Waals surface area contributed by atoms with Crippen LogP contribution in [0.3, 0.4) is 0 Å². The van der Waals surface area contributed by atoms with Gasteiger partial charge >= 0.3 is 0 Å². The smallest absolute Gasteiger partial charge is 0.129 e. The van der Waals surface area contributed by atoms with Gasteiger partial charge in [0.15, 0.2) is 0 Å². The van der Waals surface area contributed by atoms with Gasteiger partial charge in [-0.25, -0.2) is 4.98 Å². The predicted octanol–water partition coefficient (Wildman–Crippen LogP) is 3.09. The molecular weight excluding hydrogens is 286 g/mol. The first-order valence-corrected chi connectivity index (χ1v) is 8.09. The monoisotopic (exact) mass is 311 g/mol. The third-order valence-corrected chi connectivity index (χ3v) is 4.00. The maximum absolute atomic E-state index is 6.27. The fraction of sp³-hybridized carbons (Fsp3) is 0.688. The number of nitrogens with zero attached hydrogens (tertiary/aromatic N) is 2. The molecule has 1 saturated heterocycles. The number of ether oxygens (including phenoxy) is 1. The summed E-state index contributed by atoms with van der Waals surface area (Å²) in [7, 11) is 0. The lowest BCUT2D eigenvalue weighted by molar-refractivity contribution is 0.0340. The van der Waals surface area contributed by atoms with Crippen LogP contribution in [0.5, 0.6) is 0 Å². The molecule has 5 heteroatoms. The molecule has 1 N–H and O–H groups in total. The molecule has 4 nitrogen and oxygen atoms in total. The van der Waals surface area contributed by atoms with E-state index in [0.29, 0.717) is 18.5 Å². The normalized spacial score (nSPS) is 22.9. The number of nitrogens with one attached hydrogen (secondary N) is 1. The Bertz CT molecular complexity index is 467. The molecular formula is C16H26ClN3O. The van der Waals surface area contributed by atoms with Crippen LogP contribution in [0.25, 0.3) is 0 Å². The summed E-state index contributed by atoms with van der Waals surface area (Å²) in [6.45, 7) is 11.9. The van der Waals surface area contributed by atoms with Gasteiger partial charge in [-0.3, -0.25) is 0 Å². The molecule has 21 heavy (non-hydrogen) atoms. The van der Waals surface area contributed by atoms with Crippen molar-refractivity contribution in [2.24, 2.45) is 5.92 Å². The Kier molecular flexibility index (Phi) is 5.85. The Morgan fingerprint density at radius 3 is 2.90 bits per heavy atom. The number of halogens is 1. The van der Waals surface area contributed by atoms with Gasteiger partial charge in [0.2, 0.25) is 0 Å².